The fourth-order valence-corrected chi connectivity index (χ4v) is 3.67. The minimum absolute atomic E-state index is 0.295. The van der Waals surface area contributed by atoms with Crippen LogP contribution in [0.2, 0.25) is 0 Å². The highest BCUT2D eigenvalue weighted by Gasteiger charge is 2.37. The van der Waals surface area contributed by atoms with Crippen LogP contribution >= 0.6 is 0 Å². The zero-order valence-corrected chi connectivity index (χ0v) is 14.4. The smallest absolute Gasteiger partial charge is 0.416 e. The van der Waals surface area contributed by atoms with Crippen molar-refractivity contribution in [3.8, 4) is 0 Å². The zero-order chi connectivity index (χ0) is 19.6. The molecule has 0 aliphatic carbocycles. The van der Waals surface area contributed by atoms with Crippen molar-refractivity contribution in [1.82, 2.24) is 4.90 Å². The molecule has 1 fully saturated rings. The van der Waals surface area contributed by atoms with Gasteiger partial charge in [-0.15, -0.1) is 0 Å². The predicted octanol–water partition coefficient (Wildman–Crippen LogP) is 4.87. The number of likely N-dealkylation sites (tertiary alicyclic amines) is 1. The number of halogens is 4. The molecule has 144 valence electrons. The van der Waals surface area contributed by atoms with Gasteiger partial charge in [-0.25, -0.2) is 4.39 Å². The Bertz CT molecular complexity index is 822. The summed E-state index contributed by atoms with van der Waals surface area (Å²) in [5.74, 6) is -1.54. The van der Waals surface area contributed by atoms with E-state index in [4.69, 9.17) is 0 Å². The van der Waals surface area contributed by atoms with Crippen LogP contribution in [0.5, 0.6) is 0 Å². The monoisotopic (exact) mass is 381 g/mol. The minimum Gasteiger partial charge on any atom is -0.480 e. The number of alkyl halides is 3. The largest absolute Gasteiger partial charge is 0.480 e. The van der Waals surface area contributed by atoms with E-state index in [1.54, 1.807) is 11.0 Å². The van der Waals surface area contributed by atoms with Gasteiger partial charge in [0.15, 0.2) is 0 Å². The van der Waals surface area contributed by atoms with E-state index in [1.165, 1.54) is 30.3 Å². The highest BCUT2D eigenvalue weighted by atomic mass is 19.4. The summed E-state index contributed by atoms with van der Waals surface area (Å²) in [6.45, 7) is 0.411. The third-order valence-corrected chi connectivity index (χ3v) is 4.86. The number of hydrogen-bond acceptors (Lipinski definition) is 2. The highest BCUT2D eigenvalue weighted by Crippen LogP contribution is 2.37. The van der Waals surface area contributed by atoms with E-state index in [0.717, 1.165) is 25.0 Å². The van der Waals surface area contributed by atoms with Crippen molar-refractivity contribution in [1.29, 1.82) is 0 Å². The van der Waals surface area contributed by atoms with Crippen LogP contribution in [0.15, 0.2) is 48.5 Å². The van der Waals surface area contributed by atoms with Crippen LogP contribution in [-0.2, 0) is 11.0 Å². The molecule has 1 heterocycles. The summed E-state index contributed by atoms with van der Waals surface area (Å²) >= 11 is 0. The first kappa shape index (κ1) is 19.4. The maximum atomic E-state index is 13.8. The number of nitrogens with zero attached hydrogens (tertiary/aromatic N) is 1. The summed E-state index contributed by atoms with van der Waals surface area (Å²) in [7, 11) is 0. The second kappa shape index (κ2) is 7.68. The molecule has 3 rings (SSSR count). The molecular weight excluding hydrogens is 362 g/mol. The van der Waals surface area contributed by atoms with Crippen molar-refractivity contribution < 1.29 is 27.5 Å². The molecule has 7 heteroatoms. The Morgan fingerprint density at radius 3 is 2.37 bits per heavy atom. The second-order valence-electron chi connectivity index (χ2n) is 6.67. The molecule has 2 unspecified atom stereocenters. The number of hydrogen-bond donors (Lipinski definition) is 1. The summed E-state index contributed by atoms with van der Waals surface area (Å²) in [4.78, 5) is 13.4. The van der Waals surface area contributed by atoms with E-state index >= 15 is 0 Å². The molecule has 3 nitrogen and oxygen atoms in total. The Kier molecular flexibility index (Phi) is 5.51. The van der Waals surface area contributed by atoms with Gasteiger partial charge in [0.2, 0.25) is 0 Å². The van der Waals surface area contributed by atoms with E-state index in [9.17, 15) is 27.5 Å². The second-order valence-corrected chi connectivity index (χ2v) is 6.67. The number of rotatable bonds is 4. The van der Waals surface area contributed by atoms with Crippen molar-refractivity contribution in [2.75, 3.05) is 6.54 Å². The van der Waals surface area contributed by atoms with Crippen molar-refractivity contribution >= 4 is 5.97 Å². The lowest BCUT2D eigenvalue weighted by atomic mass is 9.91. The van der Waals surface area contributed by atoms with Gasteiger partial charge in [0, 0.05) is 0 Å². The number of piperidine rings is 1. The summed E-state index contributed by atoms with van der Waals surface area (Å²) in [6, 6.07) is 8.79. The van der Waals surface area contributed by atoms with Crippen molar-refractivity contribution in [3.05, 3.63) is 71.0 Å². The van der Waals surface area contributed by atoms with Gasteiger partial charge in [0.1, 0.15) is 11.9 Å². The summed E-state index contributed by atoms with van der Waals surface area (Å²) in [5.41, 5.74) is -0.0867. The SMILES string of the molecule is O=C(O)C1CCCCN1C(c1cccc(F)c1)c1cccc(C(F)(F)F)c1. The number of carboxylic acids is 1. The standard InChI is InChI=1S/C20H19F4NO2/c21-16-8-4-6-14(12-16)18(25-10-2-1-9-17(25)19(26)27)13-5-3-7-15(11-13)20(22,23)24/h3-8,11-12,17-18H,1-2,9-10H2,(H,26,27). The molecule has 2 aromatic carbocycles. The average Bonchev–Trinajstić information content (AvgIpc) is 2.62. The van der Waals surface area contributed by atoms with Crippen LogP contribution in [0.3, 0.4) is 0 Å². The van der Waals surface area contributed by atoms with E-state index in [0.29, 0.717) is 24.1 Å². The number of carbonyl (C=O) groups is 1. The van der Waals surface area contributed by atoms with Crippen LogP contribution in [0.4, 0.5) is 17.6 Å². The van der Waals surface area contributed by atoms with Gasteiger partial charge in [-0.2, -0.15) is 13.2 Å². The number of carboxylic acid groups (broad SMARTS) is 1. The first-order chi connectivity index (χ1) is 12.8. The van der Waals surface area contributed by atoms with Crippen LogP contribution in [0.25, 0.3) is 0 Å². The maximum Gasteiger partial charge on any atom is 0.416 e. The first-order valence-electron chi connectivity index (χ1n) is 8.68. The van der Waals surface area contributed by atoms with E-state index in [-0.39, 0.29) is 0 Å². The quantitative estimate of drug-likeness (QED) is 0.768. The Balaban J connectivity index is 2.12. The van der Waals surface area contributed by atoms with Crippen molar-refractivity contribution in [3.63, 3.8) is 0 Å². The topological polar surface area (TPSA) is 40.5 Å². The van der Waals surface area contributed by atoms with Gasteiger partial charge in [0.25, 0.3) is 0 Å². The Morgan fingerprint density at radius 1 is 1.07 bits per heavy atom. The first-order valence-corrected chi connectivity index (χ1v) is 8.68. The van der Waals surface area contributed by atoms with Crippen molar-refractivity contribution in [2.24, 2.45) is 0 Å². The fourth-order valence-electron chi connectivity index (χ4n) is 3.67. The van der Waals surface area contributed by atoms with E-state index in [1.807, 2.05) is 0 Å². The average molecular weight is 381 g/mol. The molecule has 1 N–H and O–H groups in total. The summed E-state index contributed by atoms with van der Waals surface area (Å²) in [6.07, 6.45) is -2.66. The molecule has 0 bridgehead atoms. The fraction of sp³-hybridized carbons (Fsp3) is 0.350. The van der Waals surface area contributed by atoms with Crippen LogP contribution in [0, 0.1) is 5.82 Å². The molecule has 0 aromatic heterocycles. The molecule has 2 aromatic rings. The molecule has 0 spiro atoms. The molecular formula is C20H19F4NO2. The van der Waals surface area contributed by atoms with Crippen molar-refractivity contribution in [2.45, 2.75) is 37.5 Å². The molecule has 0 saturated carbocycles. The highest BCUT2D eigenvalue weighted by molar-refractivity contribution is 5.73. The molecule has 0 radical (unpaired) electrons. The Hall–Kier alpha value is -2.41. The third kappa shape index (κ3) is 4.30. The molecule has 0 amide bonds. The Labute approximate surface area is 154 Å². The normalized spacial score (nSPS) is 19.6. The molecule has 1 aliphatic rings. The maximum absolute atomic E-state index is 13.8. The molecule has 1 aliphatic heterocycles. The molecule has 2 atom stereocenters. The van der Waals surface area contributed by atoms with Gasteiger partial charge < -0.3 is 5.11 Å². The van der Waals surface area contributed by atoms with Gasteiger partial charge in [0.05, 0.1) is 11.6 Å². The summed E-state index contributed by atoms with van der Waals surface area (Å²) < 4.78 is 53.4. The van der Waals surface area contributed by atoms with E-state index < -0.39 is 35.6 Å². The van der Waals surface area contributed by atoms with E-state index in [2.05, 4.69) is 0 Å². The minimum atomic E-state index is -4.52. The zero-order valence-electron chi connectivity index (χ0n) is 14.4. The van der Waals surface area contributed by atoms with Crippen LogP contribution in [-0.4, -0.2) is 28.6 Å². The van der Waals surface area contributed by atoms with Crippen LogP contribution in [0.1, 0.15) is 42.0 Å². The Morgan fingerprint density at radius 2 is 1.74 bits per heavy atom. The summed E-state index contributed by atoms with van der Waals surface area (Å²) in [5, 5.41) is 9.59. The molecule has 1 saturated heterocycles. The third-order valence-electron chi connectivity index (χ3n) is 4.86. The van der Waals surface area contributed by atoms with Gasteiger partial charge in [-0.1, -0.05) is 30.7 Å². The van der Waals surface area contributed by atoms with Crippen LogP contribution < -0.4 is 0 Å². The van der Waals surface area contributed by atoms with Gasteiger partial charge in [-0.05, 0) is 54.8 Å². The molecule has 27 heavy (non-hydrogen) atoms. The van der Waals surface area contributed by atoms with Gasteiger partial charge in [-0.3, -0.25) is 9.69 Å². The number of aliphatic carboxylic acids is 1. The number of benzene rings is 2. The van der Waals surface area contributed by atoms with Gasteiger partial charge >= 0.3 is 12.1 Å². The lowest BCUT2D eigenvalue weighted by molar-refractivity contribution is -0.145. The lowest BCUT2D eigenvalue weighted by Gasteiger charge is -2.39. The lowest BCUT2D eigenvalue weighted by Crippen LogP contribution is -2.46. The predicted molar refractivity (Wildman–Crippen MR) is 91.7 cm³/mol.